The fourth-order valence-corrected chi connectivity index (χ4v) is 2.59. The average molecular weight is 220 g/mol. The molecular weight excluding hydrogens is 208 g/mol. The number of carbonyl (C=O) groups excluding carboxylic acids is 2. The van der Waals surface area contributed by atoms with Gasteiger partial charge in [0, 0.05) is 11.8 Å². The molecule has 2 fully saturated rings. The smallest absolute Gasteiger partial charge is 0.232 e. The van der Waals surface area contributed by atoms with E-state index in [1.807, 2.05) is 0 Å². The molecule has 2 amide bonds. The van der Waals surface area contributed by atoms with Crippen molar-refractivity contribution in [2.75, 3.05) is 0 Å². The van der Waals surface area contributed by atoms with Crippen molar-refractivity contribution in [3.05, 3.63) is 12.2 Å². The summed E-state index contributed by atoms with van der Waals surface area (Å²) in [5.41, 5.74) is 0. The summed E-state index contributed by atoms with van der Waals surface area (Å²) in [6.45, 7) is 0.227. The van der Waals surface area contributed by atoms with E-state index in [2.05, 4.69) is 15.2 Å². The second-order valence-electron chi connectivity index (χ2n) is 4.40. The second-order valence-corrected chi connectivity index (χ2v) is 4.40. The minimum Gasteiger partial charge on any atom is -0.274 e. The third-order valence-corrected chi connectivity index (χ3v) is 3.44. The van der Waals surface area contributed by atoms with Crippen LogP contribution in [0.25, 0.3) is 0 Å². The number of imide groups is 1. The summed E-state index contributed by atoms with van der Waals surface area (Å²) < 4.78 is 0. The van der Waals surface area contributed by atoms with Gasteiger partial charge in [0.25, 0.3) is 0 Å². The van der Waals surface area contributed by atoms with Crippen LogP contribution in [0, 0.1) is 11.8 Å². The number of H-pyrrole nitrogens is 1. The number of carbonyl (C=O) groups is 2. The van der Waals surface area contributed by atoms with Gasteiger partial charge in [-0.2, -0.15) is 5.10 Å². The van der Waals surface area contributed by atoms with Crippen LogP contribution in [-0.2, 0) is 16.1 Å². The minimum atomic E-state index is -0.0462. The normalized spacial score (nSPS) is 28.9. The molecule has 1 saturated heterocycles. The molecule has 2 aliphatic rings. The van der Waals surface area contributed by atoms with Crippen LogP contribution >= 0.6 is 0 Å². The number of piperidine rings is 1. The van der Waals surface area contributed by atoms with E-state index in [1.54, 1.807) is 0 Å². The van der Waals surface area contributed by atoms with E-state index in [0.29, 0.717) is 5.82 Å². The topological polar surface area (TPSA) is 79.0 Å². The Kier molecular flexibility index (Phi) is 2.02. The third kappa shape index (κ3) is 1.33. The number of rotatable bonds is 2. The van der Waals surface area contributed by atoms with E-state index in [4.69, 9.17) is 0 Å². The Balaban J connectivity index is 1.83. The lowest BCUT2D eigenvalue weighted by molar-refractivity contribution is -0.153. The van der Waals surface area contributed by atoms with Crippen LogP contribution in [0.5, 0.6) is 0 Å². The summed E-state index contributed by atoms with van der Waals surface area (Å²) in [5, 5.41) is 6.37. The van der Waals surface area contributed by atoms with Gasteiger partial charge >= 0.3 is 0 Å². The molecule has 1 aliphatic heterocycles. The number of aromatic amines is 1. The van der Waals surface area contributed by atoms with Crippen LogP contribution in [0.15, 0.2) is 6.33 Å². The fraction of sp³-hybridized carbons (Fsp3) is 0.600. The molecule has 2 heterocycles. The molecule has 1 N–H and O–H groups in total. The Morgan fingerprint density at radius 1 is 1.31 bits per heavy atom. The highest BCUT2D eigenvalue weighted by atomic mass is 16.2. The monoisotopic (exact) mass is 220 g/mol. The maximum absolute atomic E-state index is 12.0. The fourth-order valence-electron chi connectivity index (χ4n) is 2.59. The van der Waals surface area contributed by atoms with E-state index >= 15 is 0 Å². The van der Waals surface area contributed by atoms with Crippen molar-refractivity contribution in [3.63, 3.8) is 0 Å². The van der Waals surface area contributed by atoms with Gasteiger partial charge in [-0.25, -0.2) is 4.98 Å². The molecule has 2 bridgehead atoms. The van der Waals surface area contributed by atoms with Crippen molar-refractivity contribution in [1.29, 1.82) is 0 Å². The molecule has 0 spiro atoms. The third-order valence-electron chi connectivity index (χ3n) is 3.44. The van der Waals surface area contributed by atoms with Crippen molar-refractivity contribution < 1.29 is 9.59 Å². The zero-order chi connectivity index (χ0) is 11.1. The van der Waals surface area contributed by atoms with Crippen molar-refractivity contribution in [2.45, 2.75) is 25.8 Å². The predicted octanol–water partition coefficient (Wildman–Crippen LogP) is 0.0898. The zero-order valence-corrected chi connectivity index (χ0v) is 8.72. The molecule has 6 nitrogen and oxygen atoms in total. The Hall–Kier alpha value is -1.72. The summed E-state index contributed by atoms with van der Waals surface area (Å²) >= 11 is 0. The van der Waals surface area contributed by atoms with Crippen molar-refractivity contribution >= 4 is 11.8 Å². The maximum atomic E-state index is 12.0. The van der Waals surface area contributed by atoms with Gasteiger partial charge in [-0.1, -0.05) is 0 Å². The molecule has 0 radical (unpaired) electrons. The lowest BCUT2D eigenvalue weighted by Crippen LogP contribution is -2.45. The molecule has 1 aromatic heterocycles. The predicted molar refractivity (Wildman–Crippen MR) is 52.8 cm³/mol. The number of nitrogens with zero attached hydrogens (tertiary/aromatic N) is 3. The SMILES string of the molecule is O=C1C2CCC(C2)C(=O)N1Cc1ncn[nH]1. The zero-order valence-electron chi connectivity index (χ0n) is 8.72. The van der Waals surface area contributed by atoms with Crippen LogP contribution in [0.2, 0.25) is 0 Å². The second kappa shape index (κ2) is 3.40. The van der Waals surface area contributed by atoms with E-state index in [0.717, 1.165) is 19.3 Å². The van der Waals surface area contributed by atoms with Crippen LogP contribution in [0.4, 0.5) is 0 Å². The molecule has 1 aromatic rings. The lowest BCUT2D eigenvalue weighted by Gasteiger charge is -2.28. The number of fused-ring (bicyclic) bond motifs is 2. The first-order chi connectivity index (χ1) is 7.75. The Morgan fingerprint density at radius 2 is 2.00 bits per heavy atom. The first kappa shape index (κ1) is 9.50. The Morgan fingerprint density at radius 3 is 2.56 bits per heavy atom. The van der Waals surface area contributed by atoms with Crippen molar-refractivity contribution in [2.24, 2.45) is 11.8 Å². The number of aromatic nitrogens is 3. The molecule has 1 saturated carbocycles. The van der Waals surface area contributed by atoms with E-state index in [1.165, 1.54) is 11.2 Å². The summed E-state index contributed by atoms with van der Waals surface area (Å²) in [6, 6.07) is 0. The first-order valence-electron chi connectivity index (χ1n) is 5.45. The van der Waals surface area contributed by atoms with Gasteiger partial charge in [-0.3, -0.25) is 19.6 Å². The number of likely N-dealkylation sites (tertiary alicyclic amines) is 1. The van der Waals surface area contributed by atoms with Gasteiger partial charge in [0.15, 0.2) is 0 Å². The maximum Gasteiger partial charge on any atom is 0.232 e. The first-order valence-corrected chi connectivity index (χ1v) is 5.45. The van der Waals surface area contributed by atoms with Crippen LogP contribution in [0.3, 0.4) is 0 Å². The molecule has 6 heteroatoms. The van der Waals surface area contributed by atoms with E-state index in [9.17, 15) is 9.59 Å². The molecule has 2 atom stereocenters. The van der Waals surface area contributed by atoms with E-state index < -0.39 is 0 Å². The standard InChI is InChI=1S/C10H12N4O2/c15-9-6-1-2-7(3-6)10(16)14(9)4-8-11-5-12-13-8/h5-7H,1-4H2,(H,11,12,13). The van der Waals surface area contributed by atoms with Gasteiger partial charge in [0.2, 0.25) is 11.8 Å². The lowest BCUT2D eigenvalue weighted by atomic mass is 9.97. The number of hydrogen-bond acceptors (Lipinski definition) is 4. The molecule has 0 aromatic carbocycles. The highest BCUT2D eigenvalue weighted by molar-refractivity contribution is 6.00. The highest BCUT2D eigenvalue weighted by Gasteiger charge is 2.45. The number of nitrogens with one attached hydrogen (secondary N) is 1. The number of hydrogen-bond donors (Lipinski definition) is 1. The molecular formula is C10H12N4O2. The van der Waals surface area contributed by atoms with Gasteiger partial charge < -0.3 is 0 Å². The van der Waals surface area contributed by atoms with Gasteiger partial charge in [0.05, 0.1) is 6.54 Å². The Labute approximate surface area is 92.0 Å². The average Bonchev–Trinajstić information content (AvgIpc) is 2.92. The summed E-state index contributed by atoms with van der Waals surface area (Å²) in [4.78, 5) is 29.2. The quantitative estimate of drug-likeness (QED) is 0.716. The number of amides is 2. The highest BCUT2D eigenvalue weighted by Crippen LogP contribution is 2.38. The van der Waals surface area contributed by atoms with Crippen LogP contribution in [-0.4, -0.2) is 31.9 Å². The summed E-state index contributed by atoms with van der Waals surface area (Å²) in [5.74, 6) is 0.560. The summed E-state index contributed by atoms with van der Waals surface area (Å²) in [6.07, 6.45) is 3.82. The minimum absolute atomic E-state index is 0.0462. The Bertz CT molecular complexity index is 406. The molecule has 1 aliphatic carbocycles. The van der Waals surface area contributed by atoms with Gasteiger partial charge in [0.1, 0.15) is 12.2 Å². The molecule has 2 unspecified atom stereocenters. The van der Waals surface area contributed by atoms with Crippen LogP contribution < -0.4 is 0 Å². The van der Waals surface area contributed by atoms with Crippen LogP contribution in [0.1, 0.15) is 25.1 Å². The molecule has 16 heavy (non-hydrogen) atoms. The molecule has 84 valence electrons. The van der Waals surface area contributed by atoms with Crippen molar-refractivity contribution in [1.82, 2.24) is 20.1 Å². The molecule has 3 rings (SSSR count). The van der Waals surface area contributed by atoms with Gasteiger partial charge in [-0.15, -0.1) is 0 Å². The van der Waals surface area contributed by atoms with Crippen molar-refractivity contribution in [3.8, 4) is 0 Å². The van der Waals surface area contributed by atoms with E-state index in [-0.39, 0.29) is 30.2 Å². The van der Waals surface area contributed by atoms with Gasteiger partial charge in [-0.05, 0) is 19.3 Å². The summed E-state index contributed by atoms with van der Waals surface area (Å²) in [7, 11) is 0. The largest absolute Gasteiger partial charge is 0.274 e.